The van der Waals surface area contributed by atoms with Crippen molar-refractivity contribution in [1.82, 2.24) is 0 Å². The van der Waals surface area contributed by atoms with E-state index >= 15 is 0 Å². The van der Waals surface area contributed by atoms with E-state index in [4.69, 9.17) is 21.3 Å². The van der Waals surface area contributed by atoms with Gasteiger partial charge in [0, 0.05) is 53.5 Å². The minimum Gasteiger partial charge on any atom is -0.497 e. The van der Waals surface area contributed by atoms with E-state index in [1.54, 1.807) is 14.2 Å². The highest BCUT2D eigenvalue weighted by atomic mass is 35.5. The van der Waals surface area contributed by atoms with E-state index in [0.29, 0.717) is 11.4 Å². The summed E-state index contributed by atoms with van der Waals surface area (Å²) in [7, 11) is 3.42. The molecule has 0 spiro atoms. The van der Waals surface area contributed by atoms with Gasteiger partial charge in [-0.15, -0.1) is 0 Å². The standard InChI is InChI=1S/C25H25ClN2O2/c1-15-21(14-27-2)24(17-6-10-20(30-3)11-7-17)25-22(28-15)12-18(13-23(25)29)16-4-8-19(26)9-5-16/h4-11,14,18,21,24H,12-13H2,1-3H3. The molecule has 1 aliphatic heterocycles. The van der Waals surface area contributed by atoms with E-state index in [1.165, 1.54) is 0 Å². The van der Waals surface area contributed by atoms with Crippen LogP contribution in [0.25, 0.3) is 0 Å². The highest BCUT2D eigenvalue weighted by Gasteiger charge is 2.40. The number of Topliss-reactive ketones (excluding diaryl/α,β-unsaturated/α-hetero) is 1. The number of allylic oxidation sites excluding steroid dienone is 2. The lowest BCUT2D eigenvalue weighted by Crippen LogP contribution is -2.33. The largest absolute Gasteiger partial charge is 0.497 e. The van der Waals surface area contributed by atoms with Crippen LogP contribution in [0.1, 0.15) is 42.7 Å². The third-order valence-electron chi connectivity index (χ3n) is 6.07. The first-order valence-electron chi connectivity index (χ1n) is 10.1. The fourth-order valence-corrected chi connectivity index (χ4v) is 4.71. The molecule has 0 saturated carbocycles. The van der Waals surface area contributed by atoms with Gasteiger partial charge in [-0.05, 0) is 54.7 Å². The molecule has 2 aliphatic rings. The zero-order chi connectivity index (χ0) is 21.3. The van der Waals surface area contributed by atoms with Gasteiger partial charge in [-0.3, -0.25) is 9.79 Å². The second-order valence-corrected chi connectivity index (χ2v) is 8.31. The first kappa shape index (κ1) is 20.5. The van der Waals surface area contributed by atoms with E-state index in [-0.39, 0.29) is 23.5 Å². The number of rotatable bonds is 4. The number of nitrogens with zero attached hydrogens (tertiary/aromatic N) is 2. The van der Waals surface area contributed by atoms with Crippen molar-refractivity contribution in [3.8, 4) is 5.75 Å². The molecular weight excluding hydrogens is 396 g/mol. The van der Waals surface area contributed by atoms with Crippen molar-refractivity contribution in [1.29, 1.82) is 0 Å². The molecule has 4 rings (SSSR count). The summed E-state index contributed by atoms with van der Waals surface area (Å²) in [4.78, 5) is 22.6. The molecule has 2 aromatic carbocycles. The molecule has 1 heterocycles. The number of aliphatic imine (C=N–C) groups is 2. The van der Waals surface area contributed by atoms with E-state index in [2.05, 4.69) is 4.99 Å². The third kappa shape index (κ3) is 3.84. The number of methoxy groups -OCH3 is 1. The second kappa shape index (κ2) is 8.57. The Balaban J connectivity index is 1.77. The first-order chi connectivity index (χ1) is 14.5. The molecule has 2 aromatic rings. The van der Waals surface area contributed by atoms with E-state index in [0.717, 1.165) is 40.3 Å². The Morgan fingerprint density at radius 3 is 2.37 bits per heavy atom. The van der Waals surface area contributed by atoms with Crippen LogP contribution in [0.4, 0.5) is 0 Å². The summed E-state index contributed by atoms with van der Waals surface area (Å²) in [6, 6.07) is 15.8. The lowest BCUT2D eigenvalue weighted by molar-refractivity contribution is -0.116. The molecule has 0 bridgehead atoms. The Morgan fingerprint density at radius 2 is 1.73 bits per heavy atom. The summed E-state index contributed by atoms with van der Waals surface area (Å²) in [6.07, 6.45) is 3.15. The number of halogens is 1. The van der Waals surface area contributed by atoms with Gasteiger partial charge in [0.1, 0.15) is 5.75 Å². The zero-order valence-corrected chi connectivity index (χ0v) is 18.2. The minimum atomic E-state index is -0.0780. The molecule has 0 aromatic heterocycles. The Hall–Kier alpha value is -2.72. The van der Waals surface area contributed by atoms with Crippen molar-refractivity contribution in [2.45, 2.75) is 31.6 Å². The number of hydrogen-bond acceptors (Lipinski definition) is 4. The number of benzene rings is 2. The van der Waals surface area contributed by atoms with Crippen molar-refractivity contribution in [3.05, 3.63) is 76.0 Å². The first-order valence-corrected chi connectivity index (χ1v) is 10.5. The van der Waals surface area contributed by atoms with Crippen molar-refractivity contribution in [2.24, 2.45) is 15.9 Å². The average molecular weight is 421 g/mol. The van der Waals surface area contributed by atoms with Gasteiger partial charge >= 0.3 is 0 Å². The summed E-state index contributed by atoms with van der Waals surface area (Å²) in [5.41, 5.74) is 4.95. The maximum atomic E-state index is 13.4. The molecule has 154 valence electrons. The Labute approximate surface area is 182 Å². The Morgan fingerprint density at radius 1 is 1.07 bits per heavy atom. The number of carbonyl (C=O) groups excluding carboxylic acids is 1. The van der Waals surface area contributed by atoms with Crippen molar-refractivity contribution < 1.29 is 9.53 Å². The molecule has 0 saturated heterocycles. The van der Waals surface area contributed by atoms with Crippen LogP contribution in [0.15, 0.2) is 69.8 Å². The Bertz CT molecular complexity index is 1040. The predicted octanol–water partition coefficient (Wildman–Crippen LogP) is 5.62. The second-order valence-electron chi connectivity index (χ2n) is 7.88. The molecule has 1 aliphatic carbocycles. The lowest BCUT2D eigenvalue weighted by Gasteiger charge is -2.36. The van der Waals surface area contributed by atoms with Crippen molar-refractivity contribution >= 4 is 29.3 Å². The molecule has 30 heavy (non-hydrogen) atoms. The number of ether oxygens (including phenoxy) is 1. The van der Waals surface area contributed by atoms with Gasteiger partial charge in [-0.25, -0.2) is 0 Å². The van der Waals surface area contributed by atoms with Gasteiger partial charge < -0.3 is 9.73 Å². The van der Waals surface area contributed by atoms with Gasteiger partial charge in [-0.1, -0.05) is 35.9 Å². The quantitative estimate of drug-likeness (QED) is 0.602. The Kier molecular flexibility index (Phi) is 5.87. The van der Waals surface area contributed by atoms with Crippen LogP contribution in [0.2, 0.25) is 5.02 Å². The summed E-state index contributed by atoms with van der Waals surface area (Å²) >= 11 is 6.04. The van der Waals surface area contributed by atoms with E-state index in [1.807, 2.05) is 61.7 Å². The van der Waals surface area contributed by atoms with Crippen molar-refractivity contribution in [2.75, 3.05) is 14.2 Å². The van der Waals surface area contributed by atoms with Crippen LogP contribution in [0, 0.1) is 5.92 Å². The van der Waals surface area contributed by atoms with Gasteiger partial charge in [0.2, 0.25) is 0 Å². The predicted molar refractivity (Wildman–Crippen MR) is 122 cm³/mol. The fraction of sp³-hybridized carbons (Fsp3) is 0.320. The average Bonchev–Trinajstić information content (AvgIpc) is 2.75. The summed E-state index contributed by atoms with van der Waals surface area (Å²) < 4.78 is 5.31. The van der Waals surface area contributed by atoms with Crippen LogP contribution >= 0.6 is 11.6 Å². The van der Waals surface area contributed by atoms with Crippen LogP contribution in [-0.2, 0) is 4.79 Å². The molecule has 5 heteroatoms. The maximum absolute atomic E-state index is 13.4. The summed E-state index contributed by atoms with van der Waals surface area (Å²) in [5.74, 6) is 0.984. The van der Waals surface area contributed by atoms with E-state index in [9.17, 15) is 4.79 Å². The fourth-order valence-electron chi connectivity index (χ4n) is 4.59. The molecule has 0 radical (unpaired) electrons. The minimum absolute atomic E-state index is 0.0295. The van der Waals surface area contributed by atoms with Crippen LogP contribution in [0.3, 0.4) is 0 Å². The highest BCUT2D eigenvalue weighted by molar-refractivity contribution is 6.30. The third-order valence-corrected chi connectivity index (χ3v) is 6.32. The molecule has 0 fully saturated rings. The van der Waals surface area contributed by atoms with Crippen LogP contribution in [-0.4, -0.2) is 31.9 Å². The normalized spacial score (nSPS) is 24.1. The summed E-state index contributed by atoms with van der Waals surface area (Å²) in [5, 5.41) is 0.702. The number of hydrogen-bond donors (Lipinski definition) is 0. The molecular formula is C25H25ClN2O2. The molecule has 0 N–H and O–H groups in total. The number of carbonyl (C=O) groups is 1. The van der Waals surface area contributed by atoms with Crippen LogP contribution in [0.5, 0.6) is 5.75 Å². The lowest BCUT2D eigenvalue weighted by atomic mass is 9.69. The maximum Gasteiger partial charge on any atom is 0.161 e. The van der Waals surface area contributed by atoms with Crippen molar-refractivity contribution in [3.63, 3.8) is 0 Å². The van der Waals surface area contributed by atoms with E-state index < -0.39 is 0 Å². The monoisotopic (exact) mass is 420 g/mol. The molecule has 3 unspecified atom stereocenters. The van der Waals surface area contributed by atoms with Gasteiger partial charge in [0.25, 0.3) is 0 Å². The van der Waals surface area contributed by atoms with Gasteiger partial charge in [0.05, 0.1) is 7.11 Å². The number of ketones is 1. The highest BCUT2D eigenvalue weighted by Crippen LogP contribution is 2.46. The molecule has 0 amide bonds. The van der Waals surface area contributed by atoms with Gasteiger partial charge in [-0.2, -0.15) is 0 Å². The van der Waals surface area contributed by atoms with Crippen LogP contribution < -0.4 is 4.74 Å². The summed E-state index contributed by atoms with van der Waals surface area (Å²) in [6.45, 7) is 2.03. The molecule has 3 atom stereocenters. The zero-order valence-electron chi connectivity index (χ0n) is 17.4. The smallest absolute Gasteiger partial charge is 0.161 e. The SMILES string of the molecule is CN=CC1C(C)=NC2=C(C(=O)CC(c3ccc(Cl)cc3)C2)C1c1ccc(OC)cc1. The molecule has 4 nitrogen and oxygen atoms in total. The van der Waals surface area contributed by atoms with Gasteiger partial charge in [0.15, 0.2) is 5.78 Å². The topological polar surface area (TPSA) is 51.0 Å².